The highest BCUT2D eigenvalue weighted by molar-refractivity contribution is 5.99. The summed E-state index contributed by atoms with van der Waals surface area (Å²) in [6.45, 7) is 4.79. The number of aromatic nitrogens is 2. The Balaban J connectivity index is 2.02. The monoisotopic (exact) mass is 319 g/mol. The van der Waals surface area contributed by atoms with Crippen molar-refractivity contribution in [3.63, 3.8) is 0 Å². The van der Waals surface area contributed by atoms with Gasteiger partial charge in [-0.2, -0.15) is 5.10 Å². The van der Waals surface area contributed by atoms with Gasteiger partial charge in [0.1, 0.15) is 5.69 Å². The lowest BCUT2D eigenvalue weighted by Gasteiger charge is -2.07. The number of rotatable bonds is 5. The van der Waals surface area contributed by atoms with Gasteiger partial charge in [-0.25, -0.2) is 4.68 Å². The van der Waals surface area contributed by atoms with Crippen molar-refractivity contribution in [1.82, 2.24) is 15.1 Å². The Kier molecular flexibility index (Phi) is 4.75. The van der Waals surface area contributed by atoms with E-state index in [-0.39, 0.29) is 5.91 Å². The molecule has 2 aromatic carbocycles. The van der Waals surface area contributed by atoms with Crippen molar-refractivity contribution in [3.8, 4) is 16.9 Å². The van der Waals surface area contributed by atoms with Gasteiger partial charge in [0.2, 0.25) is 0 Å². The number of para-hydroxylation sites is 1. The van der Waals surface area contributed by atoms with Crippen molar-refractivity contribution in [3.05, 3.63) is 72.4 Å². The maximum absolute atomic E-state index is 12.6. The molecule has 0 aliphatic carbocycles. The van der Waals surface area contributed by atoms with Crippen LogP contribution in [0.2, 0.25) is 0 Å². The first-order valence-corrected chi connectivity index (χ1v) is 8.14. The maximum Gasteiger partial charge on any atom is 0.255 e. The molecule has 0 saturated carbocycles. The number of carbonyl (C=O) groups is 1. The van der Waals surface area contributed by atoms with Gasteiger partial charge < -0.3 is 5.32 Å². The van der Waals surface area contributed by atoms with Crippen LogP contribution in [0.5, 0.6) is 0 Å². The number of hydrogen-bond acceptors (Lipinski definition) is 2. The molecule has 0 aliphatic rings. The van der Waals surface area contributed by atoms with Crippen LogP contribution in [0.4, 0.5) is 0 Å². The molecule has 3 rings (SSSR count). The van der Waals surface area contributed by atoms with Crippen LogP contribution in [-0.4, -0.2) is 22.2 Å². The van der Waals surface area contributed by atoms with E-state index < -0.39 is 0 Å². The topological polar surface area (TPSA) is 46.9 Å². The van der Waals surface area contributed by atoms with E-state index in [1.165, 1.54) is 0 Å². The lowest BCUT2D eigenvalue weighted by molar-refractivity contribution is 0.0949. The Hall–Kier alpha value is -2.88. The zero-order chi connectivity index (χ0) is 16.9. The SMILES string of the molecule is CC(C)CNC(=O)c1cn(-c2ccccc2)nc1-c1ccccc1. The Morgan fingerprint density at radius 1 is 1.04 bits per heavy atom. The van der Waals surface area contributed by atoms with Gasteiger partial charge in [0.25, 0.3) is 5.91 Å². The van der Waals surface area contributed by atoms with E-state index in [0.29, 0.717) is 23.7 Å². The van der Waals surface area contributed by atoms with Crippen molar-refractivity contribution in [1.29, 1.82) is 0 Å². The Morgan fingerprint density at radius 3 is 2.29 bits per heavy atom. The van der Waals surface area contributed by atoms with E-state index in [9.17, 15) is 4.79 Å². The molecule has 0 unspecified atom stereocenters. The van der Waals surface area contributed by atoms with E-state index in [4.69, 9.17) is 0 Å². The molecule has 1 N–H and O–H groups in total. The van der Waals surface area contributed by atoms with E-state index in [1.807, 2.05) is 60.7 Å². The standard InChI is InChI=1S/C20H21N3O/c1-15(2)13-21-20(24)18-14-23(17-11-7-4-8-12-17)22-19(18)16-9-5-3-6-10-16/h3-12,14-15H,13H2,1-2H3,(H,21,24). The number of amides is 1. The Bertz CT molecular complexity index is 807. The van der Waals surface area contributed by atoms with Crippen LogP contribution in [0.1, 0.15) is 24.2 Å². The summed E-state index contributed by atoms with van der Waals surface area (Å²) < 4.78 is 1.76. The summed E-state index contributed by atoms with van der Waals surface area (Å²) in [5.74, 6) is 0.308. The minimum absolute atomic E-state index is 0.0928. The van der Waals surface area contributed by atoms with Gasteiger partial charge in [0, 0.05) is 18.3 Å². The predicted octanol–water partition coefficient (Wildman–Crippen LogP) is 3.93. The molecular weight excluding hydrogens is 298 g/mol. The summed E-state index contributed by atoms with van der Waals surface area (Å²) in [4.78, 5) is 12.6. The molecule has 0 aliphatic heterocycles. The van der Waals surface area contributed by atoms with E-state index in [0.717, 1.165) is 11.3 Å². The molecule has 0 spiro atoms. The highest BCUT2D eigenvalue weighted by Gasteiger charge is 2.18. The summed E-state index contributed by atoms with van der Waals surface area (Å²) in [6.07, 6.45) is 1.80. The van der Waals surface area contributed by atoms with Gasteiger partial charge >= 0.3 is 0 Å². The number of benzene rings is 2. The Morgan fingerprint density at radius 2 is 1.67 bits per heavy atom. The maximum atomic E-state index is 12.6. The summed E-state index contributed by atoms with van der Waals surface area (Å²) in [5, 5.41) is 7.64. The van der Waals surface area contributed by atoms with Crippen molar-refractivity contribution in [2.24, 2.45) is 5.92 Å². The quantitative estimate of drug-likeness (QED) is 0.774. The average molecular weight is 319 g/mol. The highest BCUT2D eigenvalue weighted by Crippen LogP contribution is 2.23. The second-order valence-electron chi connectivity index (χ2n) is 6.14. The first-order chi connectivity index (χ1) is 11.6. The molecule has 4 nitrogen and oxygen atoms in total. The van der Waals surface area contributed by atoms with Crippen LogP contribution in [0.25, 0.3) is 16.9 Å². The second-order valence-corrected chi connectivity index (χ2v) is 6.14. The fraction of sp³-hybridized carbons (Fsp3) is 0.200. The third-order valence-corrected chi connectivity index (χ3v) is 3.70. The van der Waals surface area contributed by atoms with Crippen LogP contribution >= 0.6 is 0 Å². The van der Waals surface area contributed by atoms with Crippen LogP contribution in [0.15, 0.2) is 66.9 Å². The second kappa shape index (κ2) is 7.13. The zero-order valence-corrected chi connectivity index (χ0v) is 13.9. The normalized spacial score (nSPS) is 10.8. The summed E-state index contributed by atoms with van der Waals surface area (Å²) in [5.41, 5.74) is 3.14. The van der Waals surface area contributed by atoms with Gasteiger partial charge in [-0.15, -0.1) is 0 Å². The Labute approximate surface area is 142 Å². The van der Waals surface area contributed by atoms with Crippen molar-refractivity contribution in [2.75, 3.05) is 6.54 Å². The molecule has 3 aromatic rings. The summed E-state index contributed by atoms with van der Waals surface area (Å²) in [7, 11) is 0. The molecule has 1 aromatic heterocycles. The molecule has 0 radical (unpaired) electrons. The van der Waals surface area contributed by atoms with Gasteiger partial charge in [-0.05, 0) is 18.1 Å². The van der Waals surface area contributed by atoms with Crippen LogP contribution in [0.3, 0.4) is 0 Å². The molecule has 122 valence electrons. The zero-order valence-electron chi connectivity index (χ0n) is 13.9. The van der Waals surface area contributed by atoms with Crippen LogP contribution < -0.4 is 5.32 Å². The van der Waals surface area contributed by atoms with Crippen molar-refractivity contribution >= 4 is 5.91 Å². The summed E-state index contributed by atoms with van der Waals surface area (Å²) in [6, 6.07) is 19.6. The van der Waals surface area contributed by atoms with Gasteiger partial charge in [-0.3, -0.25) is 4.79 Å². The molecule has 1 heterocycles. The molecular formula is C20H21N3O. The third kappa shape index (κ3) is 3.54. The lowest BCUT2D eigenvalue weighted by atomic mass is 10.1. The van der Waals surface area contributed by atoms with Crippen LogP contribution in [-0.2, 0) is 0 Å². The van der Waals surface area contributed by atoms with E-state index in [2.05, 4.69) is 24.3 Å². The van der Waals surface area contributed by atoms with Gasteiger partial charge in [0.05, 0.1) is 11.3 Å². The number of nitrogens with one attached hydrogen (secondary N) is 1. The molecule has 1 amide bonds. The minimum atomic E-state index is -0.0928. The van der Waals surface area contributed by atoms with E-state index >= 15 is 0 Å². The van der Waals surface area contributed by atoms with Crippen molar-refractivity contribution in [2.45, 2.75) is 13.8 Å². The molecule has 0 atom stereocenters. The fourth-order valence-electron chi connectivity index (χ4n) is 2.45. The lowest BCUT2D eigenvalue weighted by Crippen LogP contribution is -2.27. The van der Waals surface area contributed by atoms with Crippen LogP contribution in [0, 0.1) is 5.92 Å². The average Bonchev–Trinajstić information content (AvgIpc) is 3.06. The molecule has 0 fully saturated rings. The smallest absolute Gasteiger partial charge is 0.255 e. The van der Waals surface area contributed by atoms with Gasteiger partial charge in [0.15, 0.2) is 0 Å². The summed E-state index contributed by atoms with van der Waals surface area (Å²) >= 11 is 0. The number of carbonyl (C=O) groups excluding carboxylic acids is 1. The van der Waals surface area contributed by atoms with Crippen molar-refractivity contribution < 1.29 is 4.79 Å². The first kappa shape index (κ1) is 16.0. The molecule has 0 bridgehead atoms. The fourth-order valence-corrected chi connectivity index (χ4v) is 2.45. The molecule has 0 saturated heterocycles. The highest BCUT2D eigenvalue weighted by atomic mass is 16.1. The first-order valence-electron chi connectivity index (χ1n) is 8.14. The van der Waals surface area contributed by atoms with E-state index in [1.54, 1.807) is 10.9 Å². The molecule has 4 heteroatoms. The largest absolute Gasteiger partial charge is 0.352 e. The number of nitrogens with zero attached hydrogens (tertiary/aromatic N) is 2. The predicted molar refractivity (Wildman–Crippen MR) is 96.2 cm³/mol. The molecule has 24 heavy (non-hydrogen) atoms. The van der Waals surface area contributed by atoms with Gasteiger partial charge in [-0.1, -0.05) is 62.4 Å². The minimum Gasteiger partial charge on any atom is -0.352 e. The third-order valence-electron chi connectivity index (χ3n) is 3.70. The number of hydrogen-bond donors (Lipinski definition) is 1.